The molecule has 2 aliphatic rings. The molecule has 0 radical (unpaired) electrons. The quantitative estimate of drug-likeness (QED) is 0.730. The number of rotatable bonds is 4. The number of carbonyl (C=O) groups is 3. The Morgan fingerprint density at radius 1 is 0.955 bits per heavy atom. The van der Waals surface area contributed by atoms with Crippen molar-refractivity contribution in [1.29, 1.82) is 0 Å². The van der Waals surface area contributed by atoms with Crippen LogP contribution in [0.2, 0.25) is 0 Å². The highest BCUT2D eigenvalue weighted by atomic mass is 16.6. The third-order valence-electron chi connectivity index (χ3n) is 4.35. The van der Waals surface area contributed by atoms with E-state index in [1.54, 1.807) is 20.8 Å². The van der Waals surface area contributed by atoms with Crippen molar-refractivity contribution in [3.63, 3.8) is 0 Å². The monoisotopic (exact) mass is 312 g/mol. The van der Waals surface area contributed by atoms with E-state index in [0.29, 0.717) is 25.7 Å². The van der Waals surface area contributed by atoms with Crippen molar-refractivity contribution in [2.24, 2.45) is 0 Å². The zero-order valence-electron chi connectivity index (χ0n) is 13.3. The first-order valence-electron chi connectivity index (χ1n) is 7.66. The summed E-state index contributed by atoms with van der Waals surface area (Å²) in [6.07, 6.45) is 2.78. The van der Waals surface area contributed by atoms with Gasteiger partial charge in [0.05, 0.1) is 0 Å². The smallest absolute Gasteiger partial charge is 0.408 e. The van der Waals surface area contributed by atoms with Gasteiger partial charge in [0.1, 0.15) is 16.7 Å². The highest BCUT2D eigenvalue weighted by Gasteiger charge is 2.52. The van der Waals surface area contributed by atoms with Crippen LogP contribution in [-0.4, -0.2) is 39.8 Å². The average Bonchev–Trinajstić information content (AvgIpc) is 2.25. The number of hydrogen-bond donors (Lipinski definition) is 3. The maximum Gasteiger partial charge on any atom is 0.408 e. The fraction of sp³-hybridized carbons (Fsp3) is 0.800. The first kappa shape index (κ1) is 16.6. The van der Waals surface area contributed by atoms with Crippen molar-refractivity contribution in [2.75, 3.05) is 0 Å². The van der Waals surface area contributed by atoms with E-state index in [0.717, 1.165) is 12.8 Å². The van der Waals surface area contributed by atoms with Crippen LogP contribution in [0, 0.1) is 0 Å². The van der Waals surface area contributed by atoms with Gasteiger partial charge in [-0.05, 0) is 59.3 Å². The topological polar surface area (TPSA) is 105 Å². The molecule has 0 atom stereocenters. The molecule has 3 N–H and O–H groups in total. The maximum atomic E-state index is 12.5. The number of carboxylic acid groups (broad SMARTS) is 1. The maximum absolute atomic E-state index is 12.5. The SMILES string of the molecule is CC(C)(C)OC(=O)NC1(C(=O)NC2(C(=O)O)CCC2)CCC1. The summed E-state index contributed by atoms with van der Waals surface area (Å²) in [6, 6.07) is 0. The van der Waals surface area contributed by atoms with E-state index in [1.807, 2.05) is 0 Å². The largest absolute Gasteiger partial charge is 0.480 e. The summed E-state index contributed by atoms with van der Waals surface area (Å²) in [7, 11) is 0. The Hall–Kier alpha value is -1.79. The van der Waals surface area contributed by atoms with E-state index in [2.05, 4.69) is 10.6 Å². The van der Waals surface area contributed by atoms with Crippen LogP contribution in [0.25, 0.3) is 0 Å². The summed E-state index contributed by atoms with van der Waals surface area (Å²) in [5.74, 6) is -1.44. The van der Waals surface area contributed by atoms with E-state index >= 15 is 0 Å². The number of alkyl carbamates (subject to hydrolysis) is 1. The summed E-state index contributed by atoms with van der Waals surface area (Å²) in [6.45, 7) is 5.23. The molecule has 2 fully saturated rings. The number of hydrogen-bond acceptors (Lipinski definition) is 4. The normalized spacial score (nSPS) is 21.8. The van der Waals surface area contributed by atoms with Gasteiger partial charge in [-0.1, -0.05) is 0 Å². The van der Waals surface area contributed by atoms with Gasteiger partial charge in [-0.2, -0.15) is 0 Å². The fourth-order valence-electron chi connectivity index (χ4n) is 2.70. The number of carbonyl (C=O) groups excluding carboxylic acids is 2. The Labute approximate surface area is 129 Å². The molecule has 0 spiro atoms. The predicted octanol–water partition coefficient (Wildman–Crippen LogP) is 1.56. The second kappa shape index (κ2) is 5.44. The standard InChI is InChI=1S/C15H24N2O5/c1-13(2,3)22-12(21)17-14(6-4-7-14)10(18)16-15(11(19)20)8-5-9-15/h4-9H2,1-3H3,(H,16,18)(H,17,21)(H,19,20). The molecule has 2 amide bonds. The van der Waals surface area contributed by atoms with E-state index in [4.69, 9.17) is 4.74 Å². The van der Waals surface area contributed by atoms with Crippen LogP contribution in [0.4, 0.5) is 4.79 Å². The fourth-order valence-corrected chi connectivity index (χ4v) is 2.70. The molecule has 0 heterocycles. The number of amides is 2. The van der Waals surface area contributed by atoms with Crippen molar-refractivity contribution >= 4 is 18.0 Å². The first-order valence-corrected chi connectivity index (χ1v) is 7.66. The predicted molar refractivity (Wildman–Crippen MR) is 78.3 cm³/mol. The minimum Gasteiger partial charge on any atom is -0.480 e. The van der Waals surface area contributed by atoms with Crippen LogP contribution in [0.3, 0.4) is 0 Å². The third kappa shape index (κ3) is 3.18. The number of ether oxygens (including phenoxy) is 1. The van der Waals surface area contributed by atoms with Crippen LogP contribution in [0.1, 0.15) is 59.3 Å². The Bertz CT molecular complexity index is 487. The van der Waals surface area contributed by atoms with E-state index < -0.39 is 34.6 Å². The Morgan fingerprint density at radius 2 is 1.45 bits per heavy atom. The molecule has 7 nitrogen and oxygen atoms in total. The zero-order chi connectivity index (χ0) is 16.6. The number of aliphatic carboxylic acids is 1. The van der Waals surface area contributed by atoms with Gasteiger partial charge >= 0.3 is 12.1 Å². The van der Waals surface area contributed by atoms with Gasteiger partial charge in [-0.25, -0.2) is 9.59 Å². The van der Waals surface area contributed by atoms with Gasteiger partial charge in [0, 0.05) is 0 Å². The third-order valence-corrected chi connectivity index (χ3v) is 4.35. The molecule has 2 rings (SSSR count). The van der Waals surface area contributed by atoms with Crippen molar-refractivity contribution in [3.05, 3.63) is 0 Å². The minimum absolute atomic E-state index is 0.424. The van der Waals surface area contributed by atoms with Crippen molar-refractivity contribution < 1.29 is 24.2 Å². The molecule has 0 aromatic rings. The summed E-state index contributed by atoms with van der Waals surface area (Å²) in [4.78, 5) is 35.8. The molecular weight excluding hydrogens is 288 g/mol. The van der Waals surface area contributed by atoms with Crippen molar-refractivity contribution in [2.45, 2.75) is 76.0 Å². The zero-order valence-corrected chi connectivity index (χ0v) is 13.3. The summed E-state index contributed by atoms with van der Waals surface area (Å²) < 4.78 is 5.19. The van der Waals surface area contributed by atoms with Crippen LogP contribution in [-0.2, 0) is 14.3 Å². The van der Waals surface area contributed by atoms with Crippen LogP contribution in [0.5, 0.6) is 0 Å². The summed E-state index contributed by atoms with van der Waals surface area (Å²) in [5, 5.41) is 14.6. The molecule has 0 aliphatic heterocycles. The van der Waals surface area contributed by atoms with Crippen LogP contribution >= 0.6 is 0 Å². The lowest BCUT2D eigenvalue weighted by molar-refractivity contribution is -0.153. The van der Waals surface area contributed by atoms with Crippen LogP contribution < -0.4 is 10.6 Å². The van der Waals surface area contributed by atoms with Gasteiger partial charge in [-0.15, -0.1) is 0 Å². The molecule has 7 heteroatoms. The molecule has 2 saturated carbocycles. The Kier molecular flexibility index (Phi) is 4.10. The van der Waals surface area contributed by atoms with Gasteiger partial charge < -0.3 is 20.5 Å². The summed E-state index contributed by atoms with van der Waals surface area (Å²) in [5.41, 5.74) is -2.86. The summed E-state index contributed by atoms with van der Waals surface area (Å²) >= 11 is 0. The second-order valence-electron chi connectivity index (χ2n) is 7.26. The van der Waals surface area contributed by atoms with Crippen molar-refractivity contribution in [1.82, 2.24) is 10.6 Å². The molecule has 2 aliphatic carbocycles. The lowest BCUT2D eigenvalue weighted by Gasteiger charge is -2.45. The molecule has 124 valence electrons. The minimum atomic E-state index is -1.17. The molecule has 0 saturated heterocycles. The van der Waals surface area contributed by atoms with E-state index in [1.165, 1.54) is 0 Å². The lowest BCUT2D eigenvalue weighted by atomic mass is 9.72. The first-order chi connectivity index (χ1) is 10.1. The van der Waals surface area contributed by atoms with Gasteiger partial charge in [0.15, 0.2) is 0 Å². The van der Waals surface area contributed by atoms with E-state index in [9.17, 15) is 19.5 Å². The molecule has 0 aromatic carbocycles. The number of nitrogens with one attached hydrogen (secondary N) is 2. The van der Waals surface area contributed by atoms with Gasteiger partial charge in [0.25, 0.3) is 0 Å². The molecular formula is C15H24N2O5. The molecule has 22 heavy (non-hydrogen) atoms. The molecule has 0 unspecified atom stereocenters. The Morgan fingerprint density at radius 3 is 1.77 bits per heavy atom. The van der Waals surface area contributed by atoms with Gasteiger partial charge in [0.2, 0.25) is 5.91 Å². The lowest BCUT2D eigenvalue weighted by Crippen LogP contribution is -2.69. The highest BCUT2D eigenvalue weighted by molar-refractivity contribution is 5.95. The van der Waals surface area contributed by atoms with Gasteiger partial charge in [-0.3, -0.25) is 4.79 Å². The second-order valence-corrected chi connectivity index (χ2v) is 7.26. The van der Waals surface area contributed by atoms with Crippen molar-refractivity contribution in [3.8, 4) is 0 Å². The highest BCUT2D eigenvalue weighted by Crippen LogP contribution is 2.36. The average molecular weight is 312 g/mol. The number of carboxylic acids is 1. The van der Waals surface area contributed by atoms with E-state index in [-0.39, 0.29) is 0 Å². The molecule has 0 bridgehead atoms. The molecule has 0 aromatic heterocycles. The van der Waals surface area contributed by atoms with Crippen LogP contribution in [0.15, 0.2) is 0 Å². The Balaban J connectivity index is 2.02.